The summed E-state index contributed by atoms with van der Waals surface area (Å²) in [5.74, 6) is -2.33. The van der Waals surface area contributed by atoms with Crippen molar-refractivity contribution < 1.29 is 41.7 Å². The lowest BCUT2D eigenvalue weighted by Gasteiger charge is -2.29. The number of amides is 4. The average molecular weight is 858 g/mol. The third kappa shape index (κ3) is 12.9. The summed E-state index contributed by atoms with van der Waals surface area (Å²) in [6.45, 7) is 11.7. The molecule has 1 aliphatic heterocycles. The maximum atomic E-state index is 14.1. The number of ether oxygens (including phenoxy) is 1. The first-order valence-electron chi connectivity index (χ1n) is 20.0. The molecule has 326 valence electrons. The molecular formula is C44H55N7O9S. The number of fused-ring (bicyclic) bond motifs is 5. The van der Waals surface area contributed by atoms with Crippen molar-refractivity contribution in [1.82, 2.24) is 30.9 Å². The third-order valence-corrected chi connectivity index (χ3v) is 11.2. The zero-order valence-corrected chi connectivity index (χ0v) is 36.3. The minimum atomic E-state index is -4.89. The van der Waals surface area contributed by atoms with E-state index in [4.69, 9.17) is 4.74 Å². The van der Waals surface area contributed by atoms with Gasteiger partial charge in [0.05, 0.1) is 31.1 Å². The van der Waals surface area contributed by atoms with E-state index in [-0.39, 0.29) is 49.6 Å². The molecule has 4 N–H and O–H groups in total. The summed E-state index contributed by atoms with van der Waals surface area (Å²) >= 11 is 0. The Hall–Kier alpha value is -5.78. The van der Waals surface area contributed by atoms with Gasteiger partial charge in [0.2, 0.25) is 23.6 Å². The van der Waals surface area contributed by atoms with Gasteiger partial charge < -0.3 is 30.4 Å². The molecule has 16 nitrogen and oxygen atoms in total. The van der Waals surface area contributed by atoms with Crippen LogP contribution in [0.4, 0.5) is 5.69 Å². The highest BCUT2D eigenvalue weighted by Crippen LogP contribution is 2.41. The van der Waals surface area contributed by atoms with E-state index in [1.807, 2.05) is 71.0 Å². The lowest BCUT2D eigenvalue weighted by atomic mass is 9.88. The first-order chi connectivity index (χ1) is 28.7. The van der Waals surface area contributed by atoms with Gasteiger partial charge in [-0.2, -0.15) is 8.42 Å². The van der Waals surface area contributed by atoms with Crippen LogP contribution in [0.1, 0.15) is 70.6 Å². The molecule has 0 radical (unpaired) electrons. The molecule has 1 atom stereocenters. The molecule has 0 saturated heterocycles. The van der Waals surface area contributed by atoms with Crippen molar-refractivity contribution in [1.29, 1.82) is 0 Å². The lowest BCUT2D eigenvalue weighted by molar-refractivity contribution is -0.125. The van der Waals surface area contributed by atoms with E-state index in [1.165, 1.54) is 4.68 Å². The number of carbonyl (C=O) groups is 5. The second-order valence-corrected chi connectivity index (χ2v) is 18.7. The number of nitrogens with zero attached hydrogens (tertiary/aromatic N) is 4. The molecule has 4 amide bonds. The van der Waals surface area contributed by atoms with Crippen molar-refractivity contribution in [2.45, 2.75) is 85.7 Å². The van der Waals surface area contributed by atoms with Gasteiger partial charge in [-0.05, 0) is 36.5 Å². The minimum Gasteiger partial charge on any atom is -0.380 e. The summed E-state index contributed by atoms with van der Waals surface area (Å²) in [6.07, 6.45) is -0.214. The molecule has 17 heteroatoms. The van der Waals surface area contributed by atoms with E-state index in [2.05, 4.69) is 26.3 Å². The number of carbonyl (C=O) groups excluding carboxylic acids is 5. The molecule has 1 unspecified atom stereocenters. The molecule has 0 aliphatic carbocycles. The van der Waals surface area contributed by atoms with Gasteiger partial charge in [0.15, 0.2) is 5.25 Å². The fourth-order valence-corrected chi connectivity index (χ4v) is 7.70. The fraction of sp³-hybridized carbons (Fsp3) is 0.432. The Labute approximate surface area is 356 Å². The van der Waals surface area contributed by atoms with E-state index in [0.29, 0.717) is 59.9 Å². The van der Waals surface area contributed by atoms with Crippen molar-refractivity contribution in [2.75, 3.05) is 31.2 Å². The first kappa shape index (κ1) is 46.3. The van der Waals surface area contributed by atoms with Crippen LogP contribution in [0, 0.1) is 17.8 Å². The number of hydrogen-bond acceptors (Lipinski definition) is 10. The maximum Gasteiger partial charge on any atom is 0.278 e. The van der Waals surface area contributed by atoms with Crippen LogP contribution >= 0.6 is 0 Å². The summed E-state index contributed by atoms with van der Waals surface area (Å²) in [4.78, 5) is 66.5. The first-order valence-corrected chi connectivity index (χ1v) is 21.5. The topological polar surface area (TPSA) is 219 Å². The molecule has 0 spiro atoms. The molecule has 3 aromatic carbocycles. The Kier molecular flexibility index (Phi) is 15.0. The standard InChI is InChI=1S/C44H55N7O9S/c1-29-15-17-31(18-16-29)22-46-42(56)36(61(57,58)59)23-45-37(53)19-20-39(55)50-24-32-11-7-8-12-33(32)40-41(34-13-9-10-14-35(34)50)51(49-48-40)25-38(54)47-26-44(5,6)28-60-27-43(3,4)21-30(2)52/h7-18,36H,19-28H2,1-6H3,(H,45,53)(H,46,56)(H,47,54)(H,57,58,59). The smallest absolute Gasteiger partial charge is 0.278 e. The Morgan fingerprint density at radius 3 is 2.18 bits per heavy atom. The number of para-hydroxylation sites is 1. The average Bonchev–Trinajstić information content (AvgIpc) is 3.58. The zero-order chi connectivity index (χ0) is 44.5. The van der Waals surface area contributed by atoms with Gasteiger partial charge in [-0.15, -0.1) is 5.10 Å². The van der Waals surface area contributed by atoms with Gasteiger partial charge in [-0.1, -0.05) is 105 Å². The number of rotatable bonds is 19. The molecule has 1 aliphatic rings. The number of aryl methyl sites for hydroxylation is 1. The Balaban J connectivity index is 1.27. The molecule has 0 saturated carbocycles. The van der Waals surface area contributed by atoms with Gasteiger partial charge >= 0.3 is 0 Å². The normalized spacial score (nSPS) is 13.1. The van der Waals surface area contributed by atoms with E-state index < -0.39 is 45.0 Å². The number of ketones is 1. The highest BCUT2D eigenvalue weighted by molar-refractivity contribution is 7.87. The Morgan fingerprint density at radius 1 is 0.836 bits per heavy atom. The predicted octanol–water partition coefficient (Wildman–Crippen LogP) is 4.40. The van der Waals surface area contributed by atoms with Crippen LogP contribution in [0.5, 0.6) is 0 Å². The van der Waals surface area contributed by atoms with Crippen molar-refractivity contribution in [3.63, 3.8) is 0 Å². The van der Waals surface area contributed by atoms with Gasteiger partial charge in [-0.25, -0.2) is 4.68 Å². The summed E-state index contributed by atoms with van der Waals surface area (Å²) in [5.41, 5.74) is 4.56. The van der Waals surface area contributed by atoms with E-state index in [9.17, 15) is 36.9 Å². The van der Waals surface area contributed by atoms with Crippen molar-refractivity contribution in [3.05, 3.63) is 89.5 Å². The molecular weight excluding hydrogens is 803 g/mol. The second-order valence-electron chi connectivity index (χ2n) is 17.1. The highest BCUT2D eigenvalue weighted by Gasteiger charge is 2.33. The Morgan fingerprint density at radius 2 is 1.49 bits per heavy atom. The third-order valence-electron chi connectivity index (χ3n) is 10.1. The molecule has 61 heavy (non-hydrogen) atoms. The molecule has 1 aromatic heterocycles. The number of nitrogens with one attached hydrogen (secondary N) is 3. The van der Waals surface area contributed by atoms with Crippen LogP contribution in [0.2, 0.25) is 0 Å². The number of anilines is 1. The van der Waals surface area contributed by atoms with E-state index >= 15 is 0 Å². The van der Waals surface area contributed by atoms with Crippen LogP contribution in [0.25, 0.3) is 22.5 Å². The van der Waals surface area contributed by atoms with Crippen LogP contribution in [0.15, 0.2) is 72.8 Å². The van der Waals surface area contributed by atoms with Crippen molar-refractivity contribution in [2.24, 2.45) is 10.8 Å². The minimum absolute atomic E-state index is 0.0119. The number of Topliss-reactive ketones (excluding diaryl/α,β-unsaturated/α-hetero) is 1. The zero-order valence-electron chi connectivity index (χ0n) is 35.5. The Bertz CT molecular complexity index is 2360. The summed E-state index contributed by atoms with van der Waals surface area (Å²) < 4.78 is 41.6. The quantitative estimate of drug-likeness (QED) is 0.0969. The van der Waals surface area contributed by atoms with Crippen molar-refractivity contribution in [3.8, 4) is 22.5 Å². The predicted molar refractivity (Wildman–Crippen MR) is 229 cm³/mol. The van der Waals surface area contributed by atoms with Crippen LogP contribution in [-0.2, 0) is 58.5 Å². The van der Waals surface area contributed by atoms with Crippen LogP contribution < -0.4 is 20.9 Å². The highest BCUT2D eigenvalue weighted by atomic mass is 32.2. The van der Waals surface area contributed by atoms with Gasteiger partial charge in [0, 0.05) is 55.4 Å². The van der Waals surface area contributed by atoms with Gasteiger partial charge in [-0.3, -0.25) is 23.7 Å². The van der Waals surface area contributed by atoms with Crippen molar-refractivity contribution >= 4 is 45.2 Å². The van der Waals surface area contributed by atoms with Crippen LogP contribution in [0.3, 0.4) is 0 Å². The fourth-order valence-electron chi connectivity index (χ4n) is 7.05. The summed E-state index contributed by atoms with van der Waals surface area (Å²) in [5, 5.41) is 14.8. The monoisotopic (exact) mass is 857 g/mol. The van der Waals surface area contributed by atoms with Gasteiger partial charge in [0.25, 0.3) is 10.1 Å². The van der Waals surface area contributed by atoms with Gasteiger partial charge in [0.1, 0.15) is 18.0 Å². The molecule has 0 bridgehead atoms. The maximum absolute atomic E-state index is 14.1. The molecule has 4 aromatic rings. The van der Waals surface area contributed by atoms with E-state index in [0.717, 1.165) is 11.1 Å². The largest absolute Gasteiger partial charge is 0.380 e. The van der Waals surface area contributed by atoms with E-state index in [1.54, 1.807) is 48.2 Å². The SMILES string of the molecule is CC(=O)CC(C)(C)COCC(C)(C)CNC(=O)Cn1nnc2c1-c1ccccc1N(C(=O)CCC(=O)NCC(C(=O)NCc1ccc(C)cc1)S(=O)(=O)O)Cc1ccccc1-2. The molecule has 2 heterocycles. The summed E-state index contributed by atoms with van der Waals surface area (Å²) in [6, 6.07) is 21.7. The number of benzene rings is 3. The molecule has 5 rings (SSSR count). The number of aromatic nitrogens is 3. The lowest BCUT2D eigenvalue weighted by Crippen LogP contribution is -2.46. The second kappa shape index (κ2) is 19.7. The van der Waals surface area contributed by atoms with Crippen LogP contribution in [-0.4, -0.2) is 88.9 Å². The number of hydrogen-bond donors (Lipinski definition) is 4. The molecule has 0 fully saturated rings. The summed E-state index contributed by atoms with van der Waals surface area (Å²) in [7, 11) is -4.89.